The van der Waals surface area contributed by atoms with Crippen LogP contribution >= 0.6 is 0 Å². The van der Waals surface area contributed by atoms with Gasteiger partial charge in [0.2, 0.25) is 0 Å². The molecule has 1 N–H and O–H groups in total. The van der Waals surface area contributed by atoms with Crippen molar-refractivity contribution in [3.8, 4) is 0 Å². The minimum absolute atomic E-state index is 0.0576. The maximum absolute atomic E-state index is 11.7. The molecule has 5 atom stereocenters. The molecule has 1 saturated carbocycles. The molecule has 23 heavy (non-hydrogen) atoms. The third-order valence-electron chi connectivity index (χ3n) is 4.50. The first-order chi connectivity index (χ1) is 11.0. The molecule has 1 aliphatic carbocycles. The summed E-state index contributed by atoms with van der Waals surface area (Å²) in [4.78, 5) is 22.9. The molecule has 0 spiro atoms. The van der Waals surface area contributed by atoms with Crippen molar-refractivity contribution in [1.82, 2.24) is 0 Å². The number of carbonyl (C=O) groups excluding carboxylic acids is 2. The van der Waals surface area contributed by atoms with E-state index >= 15 is 0 Å². The summed E-state index contributed by atoms with van der Waals surface area (Å²) >= 11 is 0. The Morgan fingerprint density at radius 1 is 1.35 bits per heavy atom. The number of aliphatic hydroxyl groups excluding tert-OH is 1. The summed E-state index contributed by atoms with van der Waals surface area (Å²) in [6.07, 6.45) is 9.99. The number of esters is 2. The smallest absolute Gasteiger partial charge is 0.330 e. The average Bonchev–Trinajstić information content (AvgIpc) is 2.85. The van der Waals surface area contributed by atoms with Crippen molar-refractivity contribution in [2.45, 2.75) is 64.3 Å². The van der Waals surface area contributed by atoms with E-state index in [4.69, 9.17) is 9.47 Å². The van der Waals surface area contributed by atoms with Crippen LogP contribution in [0.2, 0.25) is 0 Å². The van der Waals surface area contributed by atoms with Gasteiger partial charge in [0.1, 0.15) is 6.10 Å². The van der Waals surface area contributed by atoms with Gasteiger partial charge in [0.25, 0.3) is 0 Å². The Kier molecular flexibility index (Phi) is 6.39. The number of allylic oxidation sites excluding steroid dienone is 2. The monoisotopic (exact) mass is 322 g/mol. The summed E-state index contributed by atoms with van der Waals surface area (Å²) in [7, 11) is 0. The molecule has 2 rings (SSSR count). The highest BCUT2D eigenvalue weighted by molar-refractivity contribution is 5.82. The van der Waals surface area contributed by atoms with Gasteiger partial charge < -0.3 is 14.6 Å². The zero-order valence-electron chi connectivity index (χ0n) is 13.8. The molecule has 0 saturated heterocycles. The lowest BCUT2D eigenvalue weighted by Crippen LogP contribution is -2.22. The van der Waals surface area contributed by atoms with Gasteiger partial charge in [0.05, 0.1) is 12.2 Å². The highest BCUT2D eigenvalue weighted by Gasteiger charge is 2.37. The Hall–Kier alpha value is -1.62. The topological polar surface area (TPSA) is 72.8 Å². The first-order valence-electron chi connectivity index (χ1n) is 8.36. The maximum atomic E-state index is 11.7. The second-order valence-electron chi connectivity index (χ2n) is 6.49. The molecule has 0 bridgehead atoms. The van der Waals surface area contributed by atoms with Crippen LogP contribution in [0.1, 0.15) is 46.0 Å². The molecule has 1 aliphatic heterocycles. The minimum atomic E-state index is -0.756. The first-order valence-corrected chi connectivity index (χ1v) is 8.36. The largest absolute Gasteiger partial charge is 0.463 e. The van der Waals surface area contributed by atoms with Gasteiger partial charge in [-0.3, -0.25) is 4.79 Å². The third kappa shape index (κ3) is 5.50. The van der Waals surface area contributed by atoms with E-state index in [9.17, 15) is 14.7 Å². The van der Waals surface area contributed by atoms with Crippen LogP contribution in [-0.2, 0) is 19.1 Å². The van der Waals surface area contributed by atoms with Gasteiger partial charge in [-0.1, -0.05) is 12.2 Å². The predicted octanol–water partition coefficient (Wildman–Crippen LogP) is 2.53. The highest BCUT2D eigenvalue weighted by Crippen LogP contribution is 2.37. The summed E-state index contributed by atoms with van der Waals surface area (Å²) in [5.74, 6) is -0.628. The Morgan fingerprint density at radius 2 is 2.13 bits per heavy atom. The van der Waals surface area contributed by atoms with Crippen molar-refractivity contribution < 1.29 is 24.2 Å². The van der Waals surface area contributed by atoms with E-state index in [1.54, 1.807) is 0 Å². The van der Waals surface area contributed by atoms with Gasteiger partial charge in [-0.05, 0) is 56.9 Å². The molecule has 1 fully saturated rings. The number of aliphatic hydroxyl groups is 1. The molecule has 0 amide bonds. The van der Waals surface area contributed by atoms with Crippen LogP contribution in [0.25, 0.3) is 0 Å². The molecule has 128 valence electrons. The van der Waals surface area contributed by atoms with Crippen LogP contribution in [0, 0.1) is 11.8 Å². The first kappa shape index (κ1) is 17.7. The van der Waals surface area contributed by atoms with Gasteiger partial charge in [-0.25, -0.2) is 4.79 Å². The van der Waals surface area contributed by atoms with E-state index in [2.05, 4.69) is 12.2 Å². The lowest BCUT2D eigenvalue weighted by Gasteiger charge is -2.19. The SMILES string of the molecule is CC(=O)O[C@@H]1C[C@H]2[C@H](O)/C=C/C(=O)O[C@@H](C)CCC/C=C/[C@@H]2C1. The normalized spacial score (nSPS) is 38.2. The average molecular weight is 322 g/mol. The summed E-state index contributed by atoms with van der Waals surface area (Å²) in [6.45, 7) is 3.28. The molecule has 1 heterocycles. The fourth-order valence-electron chi connectivity index (χ4n) is 3.41. The van der Waals surface area contributed by atoms with Crippen molar-refractivity contribution in [3.05, 3.63) is 24.3 Å². The highest BCUT2D eigenvalue weighted by atomic mass is 16.5. The standard InChI is InChI=1S/C18H26O5/c1-12-6-4-3-5-7-14-10-15(23-13(2)19)11-16(14)17(20)8-9-18(21)22-12/h5,7-9,12,14-17,20H,3-4,6,10-11H2,1-2H3/b7-5+,9-8+/t12-,14+,15-,16+,17+/m0/s1. The van der Waals surface area contributed by atoms with E-state index in [1.807, 2.05) is 6.92 Å². The van der Waals surface area contributed by atoms with Crippen LogP contribution in [0.3, 0.4) is 0 Å². The minimum Gasteiger partial charge on any atom is -0.463 e. The van der Waals surface area contributed by atoms with E-state index in [0.29, 0.717) is 12.8 Å². The zero-order chi connectivity index (χ0) is 16.8. The number of rotatable bonds is 1. The molecule has 0 radical (unpaired) electrons. The second-order valence-corrected chi connectivity index (χ2v) is 6.49. The van der Waals surface area contributed by atoms with Crippen molar-refractivity contribution in [1.29, 1.82) is 0 Å². The van der Waals surface area contributed by atoms with Crippen molar-refractivity contribution >= 4 is 11.9 Å². The van der Waals surface area contributed by atoms with Gasteiger partial charge >= 0.3 is 11.9 Å². The van der Waals surface area contributed by atoms with E-state index in [-0.39, 0.29) is 30.0 Å². The Bertz CT molecular complexity index is 482. The van der Waals surface area contributed by atoms with Crippen molar-refractivity contribution in [2.75, 3.05) is 0 Å². The van der Waals surface area contributed by atoms with Crippen LogP contribution in [0.5, 0.6) is 0 Å². The quantitative estimate of drug-likeness (QED) is 0.593. The molecule has 5 heteroatoms. The van der Waals surface area contributed by atoms with Gasteiger partial charge in [0.15, 0.2) is 0 Å². The molecular formula is C18H26O5. The molecule has 0 aromatic heterocycles. The van der Waals surface area contributed by atoms with Crippen molar-refractivity contribution in [2.24, 2.45) is 11.8 Å². The zero-order valence-corrected chi connectivity index (χ0v) is 13.8. The summed E-state index contributed by atoms with van der Waals surface area (Å²) < 4.78 is 10.6. The third-order valence-corrected chi connectivity index (χ3v) is 4.50. The molecule has 5 nitrogen and oxygen atoms in total. The fourth-order valence-corrected chi connectivity index (χ4v) is 3.41. The van der Waals surface area contributed by atoms with Gasteiger partial charge in [-0.15, -0.1) is 0 Å². The summed E-state index contributed by atoms with van der Waals surface area (Å²) in [6, 6.07) is 0. The number of carbonyl (C=O) groups is 2. The predicted molar refractivity (Wildman–Crippen MR) is 85.5 cm³/mol. The van der Waals surface area contributed by atoms with Crippen LogP contribution in [-0.4, -0.2) is 35.4 Å². The summed E-state index contributed by atoms with van der Waals surface area (Å²) in [5, 5.41) is 10.4. The van der Waals surface area contributed by atoms with Crippen molar-refractivity contribution in [3.63, 3.8) is 0 Å². The lowest BCUT2D eigenvalue weighted by atomic mass is 9.90. The van der Waals surface area contributed by atoms with Crippen LogP contribution in [0.4, 0.5) is 0 Å². The fraction of sp³-hybridized carbons (Fsp3) is 0.667. The number of ether oxygens (including phenoxy) is 2. The molecule has 0 unspecified atom stereocenters. The number of hydrogen-bond acceptors (Lipinski definition) is 5. The lowest BCUT2D eigenvalue weighted by molar-refractivity contribution is -0.146. The molecular weight excluding hydrogens is 296 g/mol. The van der Waals surface area contributed by atoms with Gasteiger partial charge in [-0.2, -0.15) is 0 Å². The Labute approximate surface area is 137 Å². The second kappa shape index (κ2) is 8.29. The molecule has 2 aliphatic rings. The summed E-state index contributed by atoms with van der Waals surface area (Å²) in [5.41, 5.74) is 0. The van der Waals surface area contributed by atoms with E-state index in [0.717, 1.165) is 19.3 Å². The number of fused-ring (bicyclic) bond motifs is 1. The van der Waals surface area contributed by atoms with E-state index < -0.39 is 12.1 Å². The van der Waals surface area contributed by atoms with Crippen LogP contribution < -0.4 is 0 Å². The number of cyclic esters (lactones) is 1. The van der Waals surface area contributed by atoms with Crippen LogP contribution in [0.15, 0.2) is 24.3 Å². The Morgan fingerprint density at radius 3 is 2.87 bits per heavy atom. The van der Waals surface area contributed by atoms with E-state index in [1.165, 1.54) is 19.1 Å². The number of hydrogen-bond donors (Lipinski definition) is 1. The van der Waals surface area contributed by atoms with Gasteiger partial charge in [0, 0.05) is 13.0 Å². The Balaban J connectivity index is 2.11. The molecule has 0 aromatic carbocycles. The maximum Gasteiger partial charge on any atom is 0.330 e. The molecule has 0 aromatic rings.